The Morgan fingerprint density at radius 1 is 0.252 bits per heavy atom. The summed E-state index contributed by atoms with van der Waals surface area (Å²) in [5.41, 5.74) is 28.4. The fourth-order valence-electron chi connectivity index (χ4n) is 18.7. The summed E-state index contributed by atoms with van der Waals surface area (Å²) in [6, 6.07) is 119. The average molecular weight is 1880 g/mol. The Balaban J connectivity index is 0.803. The molecule has 0 spiro atoms. The molecule has 540 valence electrons. The molecule has 0 radical (unpaired) electrons. The molecular formula is C107H82I4-2. The van der Waals surface area contributed by atoms with Crippen molar-refractivity contribution in [3.05, 3.63) is 322 Å². The van der Waals surface area contributed by atoms with Gasteiger partial charge < -0.3 is 0 Å². The molecule has 0 saturated carbocycles. The van der Waals surface area contributed by atoms with Gasteiger partial charge in [0.1, 0.15) is 0 Å². The van der Waals surface area contributed by atoms with Crippen LogP contribution in [0.2, 0.25) is 0 Å². The number of rotatable bonds is 21. The van der Waals surface area contributed by atoms with Gasteiger partial charge >= 0.3 is 277 Å². The van der Waals surface area contributed by atoms with Crippen molar-refractivity contribution in [1.29, 1.82) is 0 Å². The molecule has 1 aliphatic rings. The summed E-state index contributed by atoms with van der Waals surface area (Å²) in [4.78, 5) is 0. The van der Waals surface area contributed by atoms with E-state index < -0.39 is 0 Å². The third kappa shape index (κ3) is 12.2. The van der Waals surface area contributed by atoms with Crippen LogP contribution >= 0.6 is 45.2 Å². The minimum absolute atomic E-state index is 0.0309. The fourth-order valence-corrected chi connectivity index (χ4v) is 23.6. The quantitative estimate of drug-likeness (QED) is 0.0497. The zero-order valence-electron chi connectivity index (χ0n) is 62.9. The number of fused-ring (bicyclic) bond motifs is 11. The van der Waals surface area contributed by atoms with Gasteiger partial charge in [0.05, 0.1) is 0 Å². The van der Waals surface area contributed by atoms with Crippen LogP contribution in [0.25, 0.3) is 208 Å². The van der Waals surface area contributed by atoms with Crippen LogP contribution in [0.1, 0.15) is 70.9 Å². The molecule has 0 amide bonds. The molecule has 0 heterocycles. The van der Waals surface area contributed by atoms with Crippen molar-refractivity contribution in [3.8, 4) is 111 Å². The summed E-state index contributed by atoms with van der Waals surface area (Å²) < 4.78 is 6.94. The number of aryl methyl sites for hydroxylation is 1. The maximum atomic E-state index is 2.62. The molecule has 0 nitrogen and oxygen atoms in total. The van der Waals surface area contributed by atoms with E-state index in [1.54, 1.807) is 0 Å². The number of hydrogen-bond donors (Lipinski definition) is 0. The van der Waals surface area contributed by atoms with E-state index >= 15 is 0 Å². The summed E-state index contributed by atoms with van der Waals surface area (Å²) >= 11 is 5.17. The van der Waals surface area contributed by atoms with E-state index in [1.807, 2.05) is 0 Å². The third-order valence-electron chi connectivity index (χ3n) is 23.9. The summed E-state index contributed by atoms with van der Waals surface area (Å²) in [5.74, 6) is 0. The van der Waals surface area contributed by atoms with Crippen LogP contribution < -0.4 is 42.4 Å². The van der Waals surface area contributed by atoms with Gasteiger partial charge in [0.15, 0.2) is 0 Å². The Hall–Kier alpha value is -9.04. The van der Waals surface area contributed by atoms with E-state index in [9.17, 15) is 0 Å². The first-order valence-electron chi connectivity index (χ1n) is 39.8. The first-order valence-corrected chi connectivity index (χ1v) is 47.5. The van der Waals surface area contributed by atoms with E-state index in [0.29, 0.717) is 7.85 Å². The maximum absolute atomic E-state index is 2.62. The van der Waals surface area contributed by atoms with Crippen molar-refractivity contribution in [1.82, 2.24) is 0 Å². The molecule has 0 aromatic heterocycles. The van der Waals surface area contributed by atoms with Crippen LogP contribution in [0, 0.1) is 7.14 Å². The molecule has 111 heavy (non-hydrogen) atoms. The number of halogens is 4. The summed E-state index contributed by atoms with van der Waals surface area (Å²) in [5, 5.41) is 23.4. The van der Waals surface area contributed by atoms with Gasteiger partial charge in [-0.25, -0.2) is 0 Å². The van der Waals surface area contributed by atoms with Crippen molar-refractivity contribution in [2.45, 2.75) is 80.5 Å². The molecule has 4 heteroatoms. The Bertz CT molecular complexity index is 6620. The van der Waals surface area contributed by atoms with Gasteiger partial charge in [0, 0.05) is 7.85 Å². The number of alkyl halides is 4. The van der Waals surface area contributed by atoms with Gasteiger partial charge in [-0.15, -0.1) is 0 Å². The van der Waals surface area contributed by atoms with Crippen LogP contribution in [0.4, 0.5) is 0 Å². The molecule has 20 rings (SSSR count). The van der Waals surface area contributed by atoms with Crippen LogP contribution in [-0.2, 0) is 12.8 Å². The Morgan fingerprint density at radius 3 is 1.16 bits per heavy atom. The first-order chi connectivity index (χ1) is 54.7. The van der Waals surface area contributed by atoms with E-state index in [1.165, 1.54) is 261 Å². The van der Waals surface area contributed by atoms with Crippen LogP contribution in [0.15, 0.2) is 303 Å². The molecular weight excluding hydrogens is 1790 g/mol. The molecule has 2 unspecified atom stereocenters. The SMILES string of the molecule is CCC[I-]c1ccc(-c2c3c(c(-c4ccc([I-]CCC)cc4)c4ccccc24)-c2ccc(-c4ccc5c6c(-c7ccccc7)c7c8ccc(-c9cc(-c%10ccc(CC(I)CC)cc%10)cc%10cc(-c%11ccc(CCC(I)CC)cc%11)ccc9%10)c9cccc(c7c(-c7ccccc7)c6c6cccc4c65)c98)c4cccc-3c24)cc1. The molecule has 2 atom stereocenters. The van der Waals surface area contributed by atoms with E-state index in [0.717, 1.165) is 19.3 Å². The number of hydrogen-bond acceptors (Lipinski definition) is 0. The van der Waals surface area contributed by atoms with Crippen molar-refractivity contribution < 1.29 is 42.4 Å². The molecule has 19 aromatic carbocycles. The Labute approximate surface area is 699 Å². The zero-order chi connectivity index (χ0) is 74.5. The Kier molecular flexibility index (Phi) is 19.1. The summed E-state index contributed by atoms with van der Waals surface area (Å²) in [6.07, 6.45) is 8.22. The Morgan fingerprint density at radius 2 is 0.640 bits per heavy atom. The van der Waals surface area contributed by atoms with Gasteiger partial charge in [0.25, 0.3) is 0 Å². The second-order valence-corrected chi connectivity index (χ2v) is 40.2. The van der Waals surface area contributed by atoms with E-state index in [-0.39, 0.29) is 42.4 Å². The predicted molar refractivity (Wildman–Crippen MR) is 490 cm³/mol. The van der Waals surface area contributed by atoms with Gasteiger partial charge in [-0.3, -0.25) is 0 Å². The normalized spacial score (nSPS) is 12.8. The monoisotopic (exact) mass is 1870 g/mol. The minimum atomic E-state index is -0.0309. The third-order valence-corrected chi connectivity index (χ3v) is 33.2. The topological polar surface area (TPSA) is 0 Å². The molecule has 1 aliphatic carbocycles. The van der Waals surface area contributed by atoms with Crippen molar-refractivity contribution in [3.63, 3.8) is 0 Å². The van der Waals surface area contributed by atoms with Gasteiger partial charge in [-0.05, 0) is 187 Å². The first kappa shape index (κ1) is 71.0. The van der Waals surface area contributed by atoms with E-state index in [4.69, 9.17) is 0 Å². The van der Waals surface area contributed by atoms with Gasteiger partial charge in [0.2, 0.25) is 0 Å². The second-order valence-electron chi connectivity index (χ2n) is 30.5. The van der Waals surface area contributed by atoms with Crippen LogP contribution in [-0.4, -0.2) is 16.7 Å². The standard InChI is InChI=1S/C107H82I4/c1-5-58-110-77-47-41-70(42-48-77)95-86-24-15-16-25-87(86)96(71-43-49-78(50-44-71)111-59-6-2)103-91-55-52-80(83-26-17-29-88(99(83)91)102(95)103)81-53-56-92-100-84(81)27-18-30-89(100)104-97(68-20-11-9-12-21-68)105-90-31-19-28-85-82(54-57-93(101(85)90)107(105)98(106(92)104)69-22-13-10-14-23-69)94-63-73(67-39-34-65(35-40-67)60-76(109)8-4)62-74-61-72(45-51-79(74)94)66-37-32-64(33-38-66)36-46-75(108)7-3/h9-35,37-45,47-57,61-63,75-76H,5-8,36,46,58-60H2,1-4H3/q-2. The average Bonchev–Trinajstić information content (AvgIpc) is 1.49. The number of benzene rings is 17. The van der Waals surface area contributed by atoms with Crippen molar-refractivity contribution >= 4 is 142 Å². The second kappa shape index (κ2) is 29.8. The van der Waals surface area contributed by atoms with E-state index in [2.05, 4.69) is 376 Å². The molecule has 0 aliphatic heterocycles. The van der Waals surface area contributed by atoms with Crippen LogP contribution in [0.5, 0.6) is 0 Å². The molecule has 19 aromatic rings. The summed E-state index contributed by atoms with van der Waals surface area (Å²) in [6.45, 7) is 9.23. The molecule has 0 bridgehead atoms. The predicted octanol–water partition coefficient (Wildman–Crippen LogP) is 25.2. The van der Waals surface area contributed by atoms with Gasteiger partial charge in [-0.1, -0.05) is 235 Å². The van der Waals surface area contributed by atoms with Crippen molar-refractivity contribution in [2.24, 2.45) is 0 Å². The fraction of sp³-hybridized carbons (Fsp3) is 0.140. The molecule has 0 fully saturated rings. The van der Waals surface area contributed by atoms with Crippen LogP contribution in [0.3, 0.4) is 0 Å². The zero-order valence-corrected chi connectivity index (χ0v) is 71.5. The summed E-state index contributed by atoms with van der Waals surface area (Å²) in [7, 11) is 0. The molecule has 0 N–H and O–H groups in total. The van der Waals surface area contributed by atoms with Gasteiger partial charge in [-0.2, -0.15) is 0 Å². The molecule has 0 saturated heterocycles. The van der Waals surface area contributed by atoms with Crippen molar-refractivity contribution in [2.75, 3.05) is 8.86 Å².